The van der Waals surface area contributed by atoms with Crippen LogP contribution in [0.5, 0.6) is 0 Å². The first-order chi connectivity index (χ1) is 13.6. The number of thiophene rings is 1. The normalized spacial score (nSPS) is 11.0. The maximum absolute atomic E-state index is 12.6. The highest BCUT2D eigenvalue weighted by Crippen LogP contribution is 2.31. The lowest BCUT2D eigenvalue weighted by molar-refractivity contribution is -0.121. The van der Waals surface area contributed by atoms with Gasteiger partial charge in [0.2, 0.25) is 5.91 Å². The quantitative estimate of drug-likeness (QED) is 0.529. The average Bonchev–Trinajstić information content (AvgIpc) is 3.34. The monoisotopic (exact) mass is 410 g/mol. The fourth-order valence-electron chi connectivity index (χ4n) is 2.96. The molecular formula is C20H18N4O2S2. The predicted molar refractivity (Wildman–Crippen MR) is 113 cm³/mol. The molecular weight excluding hydrogens is 392 g/mol. The third-order valence-electron chi connectivity index (χ3n) is 4.26. The van der Waals surface area contributed by atoms with Gasteiger partial charge < -0.3 is 5.32 Å². The molecule has 1 amide bonds. The lowest BCUT2D eigenvalue weighted by atomic mass is 10.1. The van der Waals surface area contributed by atoms with Gasteiger partial charge in [0.15, 0.2) is 0 Å². The van der Waals surface area contributed by atoms with Crippen molar-refractivity contribution < 1.29 is 4.79 Å². The Labute approximate surface area is 169 Å². The third kappa shape index (κ3) is 3.88. The molecule has 0 saturated heterocycles. The number of nitrogens with one attached hydrogen (secondary N) is 1. The van der Waals surface area contributed by atoms with Crippen LogP contribution in [0.2, 0.25) is 0 Å². The Kier molecular flexibility index (Phi) is 5.31. The first-order valence-corrected chi connectivity index (χ1v) is 10.5. The highest BCUT2D eigenvalue weighted by atomic mass is 32.1. The van der Waals surface area contributed by atoms with Crippen LogP contribution in [-0.2, 0) is 17.8 Å². The lowest BCUT2D eigenvalue weighted by Crippen LogP contribution is -2.34. The van der Waals surface area contributed by atoms with Crippen molar-refractivity contribution in [1.29, 1.82) is 0 Å². The van der Waals surface area contributed by atoms with Gasteiger partial charge in [-0.15, -0.1) is 22.7 Å². The summed E-state index contributed by atoms with van der Waals surface area (Å²) >= 11 is 2.92. The summed E-state index contributed by atoms with van der Waals surface area (Å²) in [4.78, 5) is 35.4. The number of amides is 1. The minimum atomic E-state index is -0.433. The van der Waals surface area contributed by atoms with E-state index in [0.717, 1.165) is 21.9 Å². The van der Waals surface area contributed by atoms with Gasteiger partial charge in [-0.05, 0) is 30.4 Å². The molecule has 1 aromatic carbocycles. The zero-order valence-corrected chi connectivity index (χ0v) is 16.8. The molecule has 0 radical (unpaired) electrons. The molecule has 4 rings (SSSR count). The summed E-state index contributed by atoms with van der Waals surface area (Å²) < 4.78 is 1.41. The van der Waals surface area contributed by atoms with Gasteiger partial charge in [0.05, 0.1) is 9.88 Å². The summed E-state index contributed by atoms with van der Waals surface area (Å²) in [6, 6.07) is 13.8. The van der Waals surface area contributed by atoms with Crippen LogP contribution in [-0.4, -0.2) is 27.0 Å². The van der Waals surface area contributed by atoms with E-state index in [9.17, 15) is 9.59 Å². The molecule has 28 heavy (non-hydrogen) atoms. The van der Waals surface area contributed by atoms with Crippen LogP contribution in [0.15, 0.2) is 52.6 Å². The average molecular weight is 411 g/mol. The van der Waals surface area contributed by atoms with Gasteiger partial charge in [-0.3, -0.25) is 9.36 Å². The summed E-state index contributed by atoms with van der Waals surface area (Å²) in [6.45, 7) is 2.34. The number of hydrogen-bond donors (Lipinski definition) is 1. The van der Waals surface area contributed by atoms with E-state index in [1.54, 1.807) is 0 Å². The second-order valence-electron chi connectivity index (χ2n) is 6.28. The Morgan fingerprint density at radius 2 is 1.96 bits per heavy atom. The minimum absolute atomic E-state index is 0.0660. The molecule has 0 saturated carbocycles. The number of benzene rings is 1. The number of thiazole rings is 1. The molecule has 1 N–H and O–H groups in total. The Hall–Kier alpha value is -2.84. The number of carbonyl (C=O) groups excluding carboxylic acids is 1. The Morgan fingerprint density at radius 1 is 1.14 bits per heavy atom. The fraction of sp³-hybridized carbons (Fsp3) is 0.200. The molecule has 0 fully saturated rings. The van der Waals surface area contributed by atoms with Crippen LogP contribution in [0, 0.1) is 6.92 Å². The molecule has 0 aliphatic heterocycles. The Morgan fingerprint density at radius 3 is 2.71 bits per heavy atom. The van der Waals surface area contributed by atoms with Gasteiger partial charge in [0, 0.05) is 6.54 Å². The van der Waals surface area contributed by atoms with E-state index < -0.39 is 5.69 Å². The van der Waals surface area contributed by atoms with Gasteiger partial charge in [-0.1, -0.05) is 36.4 Å². The van der Waals surface area contributed by atoms with Crippen molar-refractivity contribution in [3.63, 3.8) is 0 Å². The van der Waals surface area contributed by atoms with Crippen molar-refractivity contribution in [2.75, 3.05) is 6.54 Å². The van der Waals surface area contributed by atoms with E-state index in [0.29, 0.717) is 22.6 Å². The van der Waals surface area contributed by atoms with Gasteiger partial charge in [-0.25, -0.2) is 9.78 Å². The molecule has 6 nitrogen and oxygen atoms in total. The van der Waals surface area contributed by atoms with Crippen molar-refractivity contribution >= 4 is 38.9 Å². The molecule has 0 spiro atoms. The minimum Gasteiger partial charge on any atom is -0.354 e. The number of nitrogens with zero attached hydrogens (tertiary/aromatic N) is 3. The predicted octanol–water partition coefficient (Wildman–Crippen LogP) is 3.25. The van der Waals surface area contributed by atoms with Crippen LogP contribution in [0.4, 0.5) is 0 Å². The zero-order chi connectivity index (χ0) is 19.5. The Balaban J connectivity index is 1.55. The molecule has 142 valence electrons. The van der Waals surface area contributed by atoms with Crippen molar-refractivity contribution in [2.45, 2.75) is 19.9 Å². The summed E-state index contributed by atoms with van der Waals surface area (Å²) in [6.07, 6.45) is 0.742. The molecule has 0 bridgehead atoms. The number of hydrogen-bond acceptors (Lipinski definition) is 6. The first kappa shape index (κ1) is 18.5. The molecule has 4 aromatic rings. The van der Waals surface area contributed by atoms with Crippen LogP contribution < -0.4 is 11.0 Å². The fourth-order valence-corrected chi connectivity index (χ4v) is 4.59. The largest absolute Gasteiger partial charge is 0.354 e. The van der Waals surface area contributed by atoms with Crippen molar-refractivity contribution in [3.05, 3.63) is 68.9 Å². The number of aryl methyl sites for hydroxylation is 1. The standard InChI is InChI=1S/C20H18N4O2S2/c1-13-22-18-17(15-8-5-11-27-15)23-20(26)24(19(18)28-13)12-16(25)21-10-9-14-6-3-2-4-7-14/h2-8,11H,9-10,12H2,1H3,(H,21,25). The van der Waals surface area contributed by atoms with E-state index >= 15 is 0 Å². The zero-order valence-electron chi connectivity index (χ0n) is 15.2. The summed E-state index contributed by atoms with van der Waals surface area (Å²) in [5.41, 5.74) is 1.97. The number of rotatable bonds is 6. The molecule has 0 aliphatic carbocycles. The number of aromatic nitrogens is 3. The molecule has 0 unspecified atom stereocenters. The van der Waals surface area contributed by atoms with Crippen molar-refractivity contribution in [1.82, 2.24) is 19.9 Å². The van der Waals surface area contributed by atoms with E-state index in [1.807, 2.05) is 54.8 Å². The van der Waals surface area contributed by atoms with Gasteiger partial charge in [-0.2, -0.15) is 4.98 Å². The maximum atomic E-state index is 12.6. The van der Waals surface area contributed by atoms with Crippen LogP contribution in [0.25, 0.3) is 20.9 Å². The van der Waals surface area contributed by atoms with E-state index in [-0.39, 0.29) is 12.5 Å². The highest BCUT2D eigenvalue weighted by Gasteiger charge is 2.18. The summed E-state index contributed by atoms with van der Waals surface area (Å²) in [5.74, 6) is -0.212. The smallest absolute Gasteiger partial charge is 0.349 e. The van der Waals surface area contributed by atoms with E-state index in [2.05, 4.69) is 15.3 Å². The topological polar surface area (TPSA) is 76.9 Å². The number of fused-ring (bicyclic) bond motifs is 1. The molecule has 3 aromatic heterocycles. The second kappa shape index (κ2) is 8.04. The number of carbonyl (C=O) groups is 1. The highest BCUT2D eigenvalue weighted by molar-refractivity contribution is 7.18. The summed E-state index contributed by atoms with van der Waals surface area (Å²) in [7, 11) is 0. The van der Waals surface area contributed by atoms with Crippen LogP contribution >= 0.6 is 22.7 Å². The van der Waals surface area contributed by atoms with E-state index in [1.165, 1.54) is 27.2 Å². The van der Waals surface area contributed by atoms with Crippen LogP contribution in [0.3, 0.4) is 0 Å². The van der Waals surface area contributed by atoms with Gasteiger partial charge in [0.1, 0.15) is 22.6 Å². The summed E-state index contributed by atoms with van der Waals surface area (Å²) in [5, 5.41) is 5.65. The van der Waals surface area contributed by atoms with Gasteiger partial charge in [0.25, 0.3) is 0 Å². The van der Waals surface area contributed by atoms with Crippen LogP contribution in [0.1, 0.15) is 10.6 Å². The first-order valence-electron chi connectivity index (χ1n) is 8.84. The second-order valence-corrected chi connectivity index (χ2v) is 8.41. The van der Waals surface area contributed by atoms with E-state index in [4.69, 9.17) is 0 Å². The molecule has 3 heterocycles. The van der Waals surface area contributed by atoms with Crippen molar-refractivity contribution in [3.8, 4) is 10.6 Å². The molecule has 0 aliphatic rings. The SMILES string of the molecule is Cc1nc2c(-c3cccs3)nc(=O)n(CC(=O)NCCc3ccccc3)c2s1. The van der Waals surface area contributed by atoms with Gasteiger partial charge >= 0.3 is 5.69 Å². The Bertz CT molecular complexity index is 1160. The maximum Gasteiger partial charge on any atom is 0.349 e. The van der Waals surface area contributed by atoms with Crippen molar-refractivity contribution in [2.24, 2.45) is 0 Å². The molecule has 0 atom stereocenters. The lowest BCUT2D eigenvalue weighted by Gasteiger charge is -2.09. The third-order valence-corrected chi connectivity index (χ3v) is 6.13. The molecule has 8 heteroatoms.